The zero-order valence-electron chi connectivity index (χ0n) is 54.8. The van der Waals surface area contributed by atoms with Crippen molar-refractivity contribution in [1.29, 1.82) is 0 Å². The van der Waals surface area contributed by atoms with Crippen molar-refractivity contribution in [2.24, 2.45) is 0 Å². The summed E-state index contributed by atoms with van der Waals surface area (Å²) in [5.41, 5.74) is 0. The number of allylic oxidation sites excluding steroid dienone is 11. The molecule has 0 aliphatic rings. The predicted molar refractivity (Wildman–Crippen MR) is 358 cm³/mol. The van der Waals surface area contributed by atoms with E-state index in [1.807, 2.05) is 12.2 Å². The number of hydrogen-bond donors (Lipinski definition) is 0. The maximum absolute atomic E-state index is 12.9. The third-order valence-electron chi connectivity index (χ3n) is 16.0. The van der Waals surface area contributed by atoms with E-state index in [4.69, 9.17) is 14.2 Å². The van der Waals surface area contributed by atoms with Gasteiger partial charge in [-0.15, -0.1) is 0 Å². The summed E-state index contributed by atoms with van der Waals surface area (Å²) in [5.74, 6) is -1.02. The molecule has 0 aliphatic heterocycles. The molecular formula is C76H136O6. The first kappa shape index (κ1) is 78.8. The molecule has 1 atom stereocenters. The summed E-state index contributed by atoms with van der Waals surface area (Å²) >= 11 is 0. The predicted octanol–water partition coefficient (Wildman–Crippen LogP) is 24.8. The van der Waals surface area contributed by atoms with E-state index in [1.165, 1.54) is 263 Å². The lowest BCUT2D eigenvalue weighted by molar-refractivity contribution is -0.166. The molecule has 6 nitrogen and oxygen atoms in total. The Bertz CT molecular complexity index is 1500. The van der Waals surface area contributed by atoms with Gasteiger partial charge in [0, 0.05) is 12.8 Å². The lowest BCUT2D eigenvalue weighted by atomic mass is 10.0. The molecule has 0 saturated carbocycles. The zero-order chi connectivity index (χ0) is 59.2. The van der Waals surface area contributed by atoms with Crippen LogP contribution in [-0.2, 0) is 28.6 Å². The molecule has 0 fully saturated rings. The molecule has 0 aliphatic carbocycles. The number of esters is 3. The maximum Gasteiger partial charge on any atom is 0.309 e. The Balaban J connectivity index is 4.25. The molecule has 0 heterocycles. The third kappa shape index (κ3) is 67.6. The lowest BCUT2D eigenvalue weighted by Gasteiger charge is -2.18. The Kier molecular flexibility index (Phi) is 67.6. The Morgan fingerprint density at radius 3 is 0.841 bits per heavy atom. The topological polar surface area (TPSA) is 78.9 Å². The Morgan fingerprint density at radius 2 is 0.524 bits per heavy atom. The van der Waals surface area contributed by atoms with Crippen LogP contribution in [0.2, 0.25) is 0 Å². The SMILES string of the molecule is CC/C=C\C/C=C\C/C=C\C/C=C\C/C=C\CC(=O)OCC(COC(=O)CCCCCCCCCCCCCCCCCCCCCCCCCCCCCCCC)OC(=O)CCCCCCCCCCC/C=C\CCCCCCCC. The highest BCUT2D eigenvalue weighted by atomic mass is 16.6. The molecule has 0 rings (SSSR count). The fraction of sp³-hybridized carbons (Fsp3) is 0.803. The number of carbonyl (C=O) groups is 3. The standard InChI is InChI=1S/C76H136O6/c1-4-7-10-13-16-19-22-25-28-30-32-33-34-35-36-37-38-39-40-41-42-44-45-48-51-54-57-60-63-66-69-75(78)81-72-73(71-80-74(77)68-65-62-59-56-53-50-47-27-24-21-18-15-12-9-6-3)82-76(79)70-67-64-61-58-55-52-49-46-43-31-29-26-23-20-17-14-11-8-5-2/h9,12,18,21,26-27,29,47,53,56,62,65,73H,4-8,10-11,13-17,19-20,22-25,28,30-46,48-52,54-55,57-61,63-64,66-72H2,1-3H3/b12-9-,21-18-,29-26-,47-27-,56-53-,65-62-. The van der Waals surface area contributed by atoms with Crippen molar-refractivity contribution in [2.75, 3.05) is 13.2 Å². The van der Waals surface area contributed by atoms with Crippen molar-refractivity contribution >= 4 is 17.9 Å². The van der Waals surface area contributed by atoms with Crippen molar-refractivity contribution in [3.63, 3.8) is 0 Å². The summed E-state index contributed by atoms with van der Waals surface area (Å²) in [4.78, 5) is 38.3. The molecule has 0 N–H and O–H groups in total. The van der Waals surface area contributed by atoms with E-state index in [-0.39, 0.29) is 31.6 Å². The maximum atomic E-state index is 12.9. The molecule has 0 aromatic heterocycles. The molecule has 0 amide bonds. The van der Waals surface area contributed by atoms with Gasteiger partial charge in [0.05, 0.1) is 6.42 Å². The van der Waals surface area contributed by atoms with E-state index in [0.717, 1.165) is 70.6 Å². The van der Waals surface area contributed by atoms with Crippen LogP contribution in [0.1, 0.15) is 374 Å². The van der Waals surface area contributed by atoms with Gasteiger partial charge in [0.2, 0.25) is 0 Å². The molecule has 6 heteroatoms. The molecular weight excluding hydrogens is 1010 g/mol. The summed E-state index contributed by atoms with van der Waals surface area (Å²) in [6.07, 6.45) is 92.6. The number of hydrogen-bond acceptors (Lipinski definition) is 6. The molecule has 0 aromatic rings. The quantitative estimate of drug-likeness (QED) is 0.0261. The zero-order valence-corrected chi connectivity index (χ0v) is 54.8. The number of unbranched alkanes of at least 4 members (excludes halogenated alkanes) is 44. The average Bonchev–Trinajstić information content (AvgIpc) is 3.47. The Hall–Kier alpha value is -3.15. The first-order valence-electron chi connectivity index (χ1n) is 35.9. The van der Waals surface area contributed by atoms with Crippen LogP contribution in [0, 0.1) is 0 Å². The normalized spacial score (nSPS) is 12.5. The number of carbonyl (C=O) groups excluding carboxylic acids is 3. The van der Waals surface area contributed by atoms with Crippen molar-refractivity contribution in [1.82, 2.24) is 0 Å². The summed E-state index contributed by atoms with van der Waals surface area (Å²) in [6.45, 7) is 6.49. The van der Waals surface area contributed by atoms with Crippen LogP contribution in [0.5, 0.6) is 0 Å². The molecule has 0 radical (unpaired) electrons. The van der Waals surface area contributed by atoms with Gasteiger partial charge in [0.1, 0.15) is 13.2 Å². The van der Waals surface area contributed by atoms with Crippen LogP contribution in [0.4, 0.5) is 0 Å². The van der Waals surface area contributed by atoms with Gasteiger partial charge in [0.15, 0.2) is 6.10 Å². The molecule has 0 saturated heterocycles. The second-order valence-electron chi connectivity index (χ2n) is 24.1. The first-order chi connectivity index (χ1) is 40.5. The van der Waals surface area contributed by atoms with Crippen LogP contribution in [0.25, 0.3) is 0 Å². The highest BCUT2D eigenvalue weighted by Gasteiger charge is 2.19. The van der Waals surface area contributed by atoms with Crippen LogP contribution in [0.15, 0.2) is 72.9 Å². The Morgan fingerprint density at radius 1 is 0.268 bits per heavy atom. The lowest BCUT2D eigenvalue weighted by Crippen LogP contribution is -2.30. The van der Waals surface area contributed by atoms with E-state index in [0.29, 0.717) is 12.8 Å². The second kappa shape index (κ2) is 70.3. The number of rotatable bonds is 66. The largest absolute Gasteiger partial charge is 0.462 e. The smallest absolute Gasteiger partial charge is 0.309 e. The van der Waals surface area contributed by atoms with Crippen molar-refractivity contribution in [3.05, 3.63) is 72.9 Å². The van der Waals surface area contributed by atoms with Gasteiger partial charge in [-0.1, -0.05) is 357 Å². The highest BCUT2D eigenvalue weighted by molar-refractivity contribution is 5.72. The van der Waals surface area contributed by atoms with E-state index in [9.17, 15) is 14.4 Å². The minimum Gasteiger partial charge on any atom is -0.462 e. The first-order valence-corrected chi connectivity index (χ1v) is 35.9. The summed E-state index contributed by atoms with van der Waals surface area (Å²) in [6, 6.07) is 0. The van der Waals surface area contributed by atoms with Gasteiger partial charge in [-0.3, -0.25) is 14.4 Å². The van der Waals surface area contributed by atoms with E-state index < -0.39 is 12.1 Å². The molecule has 82 heavy (non-hydrogen) atoms. The summed E-state index contributed by atoms with van der Waals surface area (Å²) < 4.78 is 16.9. The highest BCUT2D eigenvalue weighted by Crippen LogP contribution is 2.18. The van der Waals surface area contributed by atoms with Gasteiger partial charge in [-0.25, -0.2) is 0 Å². The second-order valence-corrected chi connectivity index (χ2v) is 24.1. The van der Waals surface area contributed by atoms with Gasteiger partial charge >= 0.3 is 17.9 Å². The van der Waals surface area contributed by atoms with Crippen molar-refractivity contribution in [2.45, 2.75) is 380 Å². The monoisotopic (exact) mass is 1150 g/mol. The molecule has 0 bridgehead atoms. The van der Waals surface area contributed by atoms with E-state index >= 15 is 0 Å². The molecule has 476 valence electrons. The summed E-state index contributed by atoms with van der Waals surface area (Å²) in [5, 5.41) is 0. The van der Waals surface area contributed by atoms with Crippen LogP contribution in [0.3, 0.4) is 0 Å². The van der Waals surface area contributed by atoms with Crippen molar-refractivity contribution in [3.8, 4) is 0 Å². The van der Waals surface area contributed by atoms with Gasteiger partial charge in [-0.2, -0.15) is 0 Å². The van der Waals surface area contributed by atoms with Crippen LogP contribution < -0.4 is 0 Å². The molecule has 0 spiro atoms. The van der Waals surface area contributed by atoms with E-state index in [2.05, 4.69) is 81.5 Å². The third-order valence-corrected chi connectivity index (χ3v) is 16.0. The molecule has 0 aromatic carbocycles. The van der Waals surface area contributed by atoms with Crippen LogP contribution in [-0.4, -0.2) is 37.2 Å². The van der Waals surface area contributed by atoms with Crippen molar-refractivity contribution < 1.29 is 28.6 Å². The number of ether oxygens (including phenoxy) is 3. The van der Waals surface area contributed by atoms with Crippen LogP contribution >= 0.6 is 0 Å². The van der Waals surface area contributed by atoms with Gasteiger partial charge < -0.3 is 14.2 Å². The fourth-order valence-corrected chi connectivity index (χ4v) is 10.6. The minimum absolute atomic E-state index is 0.103. The Labute approximate surface area is 510 Å². The fourth-order valence-electron chi connectivity index (χ4n) is 10.6. The van der Waals surface area contributed by atoms with Gasteiger partial charge in [-0.05, 0) is 70.6 Å². The minimum atomic E-state index is -0.817. The summed E-state index contributed by atoms with van der Waals surface area (Å²) in [7, 11) is 0. The van der Waals surface area contributed by atoms with E-state index in [1.54, 1.807) is 0 Å². The molecule has 1 unspecified atom stereocenters. The average molecular weight is 1150 g/mol. The van der Waals surface area contributed by atoms with Gasteiger partial charge in [0.25, 0.3) is 0 Å².